The van der Waals surface area contributed by atoms with Gasteiger partial charge in [0, 0.05) is 13.2 Å². The summed E-state index contributed by atoms with van der Waals surface area (Å²) in [4.78, 5) is 46.5. The lowest BCUT2D eigenvalue weighted by Crippen LogP contribution is -2.43. The van der Waals surface area contributed by atoms with Crippen LogP contribution < -0.4 is 10.2 Å². The zero-order chi connectivity index (χ0) is 26.8. The normalized spacial score (nSPS) is 16.1. The summed E-state index contributed by atoms with van der Waals surface area (Å²) in [6.45, 7) is 10.5. The molecule has 1 aromatic heterocycles. The minimum atomic E-state index is -1.22. The first-order valence-corrected chi connectivity index (χ1v) is 12.1. The van der Waals surface area contributed by atoms with E-state index in [0.29, 0.717) is 29.1 Å². The summed E-state index contributed by atoms with van der Waals surface area (Å²) in [6.07, 6.45) is 1.65. The first kappa shape index (κ1) is 27.1. The van der Waals surface area contributed by atoms with E-state index in [1.807, 2.05) is 25.1 Å². The maximum absolute atomic E-state index is 13.4. The van der Waals surface area contributed by atoms with E-state index in [9.17, 15) is 19.5 Å². The van der Waals surface area contributed by atoms with E-state index in [0.717, 1.165) is 5.56 Å². The third-order valence-corrected chi connectivity index (χ3v) is 6.29. The summed E-state index contributed by atoms with van der Waals surface area (Å²) in [5, 5.41) is 12.6. The number of ether oxygens (including phenoxy) is 1. The number of benzene rings is 1. The minimum Gasteiger partial charge on any atom is -0.444 e. The average Bonchev–Trinajstić information content (AvgIpc) is 2.87. The largest absolute Gasteiger partial charge is 0.444 e. The Morgan fingerprint density at radius 1 is 1.25 bits per heavy atom. The predicted molar refractivity (Wildman–Crippen MR) is 137 cm³/mol. The first-order valence-electron chi connectivity index (χ1n) is 12.1. The van der Waals surface area contributed by atoms with Crippen molar-refractivity contribution in [2.75, 3.05) is 17.3 Å². The van der Waals surface area contributed by atoms with Gasteiger partial charge >= 0.3 is 6.09 Å². The molecule has 0 aliphatic carbocycles. The summed E-state index contributed by atoms with van der Waals surface area (Å²) in [7, 11) is 1.64. The molecule has 9 heteroatoms. The highest BCUT2D eigenvalue weighted by molar-refractivity contribution is 6.19. The lowest BCUT2D eigenvalue weighted by Gasteiger charge is -2.34. The second kappa shape index (κ2) is 10.3. The zero-order valence-corrected chi connectivity index (χ0v) is 22.1. The summed E-state index contributed by atoms with van der Waals surface area (Å²) >= 11 is 0. The molecule has 1 atom stereocenters. The molecule has 2 N–H and O–H groups in total. The molecule has 194 valence electrons. The number of nitrogens with zero attached hydrogens (tertiary/aromatic N) is 3. The van der Waals surface area contributed by atoms with Gasteiger partial charge in [-0.3, -0.25) is 19.5 Å². The van der Waals surface area contributed by atoms with E-state index in [1.165, 1.54) is 4.90 Å². The fourth-order valence-corrected chi connectivity index (χ4v) is 4.24. The van der Waals surface area contributed by atoms with E-state index in [-0.39, 0.29) is 25.0 Å². The van der Waals surface area contributed by atoms with Crippen molar-refractivity contribution in [1.82, 2.24) is 9.88 Å². The molecule has 1 aromatic carbocycles. The summed E-state index contributed by atoms with van der Waals surface area (Å²) in [5.74, 6) is -0.697. The minimum absolute atomic E-state index is 0.173. The van der Waals surface area contributed by atoms with Crippen molar-refractivity contribution in [2.24, 2.45) is 5.41 Å². The van der Waals surface area contributed by atoms with Crippen LogP contribution in [0.2, 0.25) is 0 Å². The summed E-state index contributed by atoms with van der Waals surface area (Å²) in [6, 6.07) is 8.60. The van der Waals surface area contributed by atoms with Crippen LogP contribution in [0.15, 0.2) is 36.5 Å². The standard InChI is InChI=1S/C27H36N4O5/c1-8-21(17-11-12-19-22(14-17)30(7)24(34)27(5,6)23(33)29-19)31(25(35)36-26(2,3)4)15-18-10-9-13-28-20(18)16-32/h9-14,21,32H,8,15-16H2,1-7H3,(H,29,33). The molecule has 0 bridgehead atoms. The number of amides is 3. The third-order valence-electron chi connectivity index (χ3n) is 6.29. The van der Waals surface area contributed by atoms with Crippen LogP contribution in [0.25, 0.3) is 0 Å². The van der Waals surface area contributed by atoms with Gasteiger partial charge in [0.2, 0.25) is 11.8 Å². The summed E-state index contributed by atoms with van der Waals surface area (Å²) < 4.78 is 5.74. The number of aliphatic hydroxyl groups excluding tert-OH is 1. The van der Waals surface area contributed by atoms with Crippen LogP contribution in [-0.2, 0) is 27.5 Å². The Kier molecular flexibility index (Phi) is 7.73. The number of hydrogen-bond acceptors (Lipinski definition) is 6. The molecule has 2 heterocycles. The molecule has 3 rings (SSSR count). The number of fused-ring (bicyclic) bond motifs is 1. The van der Waals surface area contributed by atoms with Crippen molar-refractivity contribution < 1.29 is 24.2 Å². The van der Waals surface area contributed by atoms with E-state index in [1.54, 1.807) is 64.9 Å². The highest BCUT2D eigenvalue weighted by Crippen LogP contribution is 2.38. The molecular formula is C27H36N4O5. The molecular weight excluding hydrogens is 460 g/mol. The molecule has 0 saturated heterocycles. The van der Waals surface area contributed by atoms with Crippen molar-refractivity contribution >= 4 is 29.3 Å². The van der Waals surface area contributed by atoms with Crippen molar-refractivity contribution in [3.05, 3.63) is 53.3 Å². The first-order chi connectivity index (χ1) is 16.8. The number of anilines is 2. The Bertz CT molecular complexity index is 1160. The van der Waals surface area contributed by atoms with Gasteiger partial charge < -0.3 is 20.1 Å². The number of pyridine rings is 1. The predicted octanol–water partition coefficient (Wildman–Crippen LogP) is 4.40. The van der Waals surface area contributed by atoms with Crippen LogP contribution in [0, 0.1) is 5.41 Å². The molecule has 1 aliphatic heterocycles. The quantitative estimate of drug-likeness (QED) is 0.573. The summed E-state index contributed by atoms with van der Waals surface area (Å²) in [5.41, 5.74) is 1.12. The molecule has 36 heavy (non-hydrogen) atoms. The fourth-order valence-electron chi connectivity index (χ4n) is 4.24. The highest BCUT2D eigenvalue weighted by atomic mass is 16.6. The Labute approximate surface area is 212 Å². The fraction of sp³-hybridized carbons (Fsp3) is 0.481. The van der Waals surface area contributed by atoms with Crippen LogP contribution >= 0.6 is 0 Å². The number of rotatable bonds is 6. The number of carbonyl (C=O) groups excluding carboxylic acids is 3. The van der Waals surface area contributed by atoms with Crippen LogP contribution in [0.1, 0.15) is 70.8 Å². The Balaban J connectivity index is 2.07. The molecule has 1 unspecified atom stereocenters. The lowest BCUT2D eigenvalue weighted by atomic mass is 9.91. The van der Waals surface area contributed by atoms with E-state index in [4.69, 9.17) is 4.74 Å². The van der Waals surface area contributed by atoms with Gasteiger partial charge in [-0.05, 0) is 70.4 Å². The van der Waals surface area contributed by atoms with Gasteiger partial charge in [0.25, 0.3) is 0 Å². The smallest absolute Gasteiger partial charge is 0.411 e. The van der Waals surface area contributed by atoms with E-state index >= 15 is 0 Å². The van der Waals surface area contributed by atoms with Crippen molar-refractivity contribution in [3.8, 4) is 0 Å². The third kappa shape index (κ3) is 5.51. The van der Waals surface area contributed by atoms with E-state index < -0.39 is 23.2 Å². The van der Waals surface area contributed by atoms with Crippen molar-refractivity contribution in [3.63, 3.8) is 0 Å². The number of nitrogens with one attached hydrogen (secondary N) is 1. The van der Waals surface area contributed by atoms with Crippen LogP contribution in [-0.4, -0.2) is 45.5 Å². The Morgan fingerprint density at radius 3 is 2.56 bits per heavy atom. The van der Waals surface area contributed by atoms with E-state index in [2.05, 4.69) is 10.3 Å². The SMILES string of the molecule is CCC(c1ccc2c(c1)N(C)C(=O)C(C)(C)C(=O)N2)N(Cc1cccnc1CO)C(=O)OC(C)(C)C. The average molecular weight is 497 g/mol. The molecule has 0 radical (unpaired) electrons. The molecule has 0 spiro atoms. The van der Waals surface area contributed by atoms with Gasteiger partial charge in [-0.15, -0.1) is 0 Å². The van der Waals surface area contributed by atoms with Gasteiger partial charge in [-0.1, -0.05) is 19.1 Å². The number of hydrogen-bond donors (Lipinski definition) is 2. The Morgan fingerprint density at radius 2 is 1.94 bits per heavy atom. The van der Waals surface area contributed by atoms with Crippen LogP contribution in [0.3, 0.4) is 0 Å². The molecule has 2 aromatic rings. The molecule has 0 saturated carbocycles. The molecule has 1 aliphatic rings. The highest BCUT2D eigenvalue weighted by Gasteiger charge is 2.42. The topological polar surface area (TPSA) is 112 Å². The van der Waals surface area contributed by atoms with Crippen molar-refractivity contribution in [2.45, 2.75) is 72.8 Å². The number of aliphatic hydroxyl groups is 1. The van der Waals surface area contributed by atoms with Crippen LogP contribution in [0.5, 0.6) is 0 Å². The van der Waals surface area contributed by atoms with Crippen LogP contribution in [0.4, 0.5) is 16.2 Å². The number of aromatic nitrogens is 1. The monoisotopic (exact) mass is 496 g/mol. The van der Waals surface area contributed by atoms with Gasteiger partial charge in [0.15, 0.2) is 0 Å². The Hall–Kier alpha value is -3.46. The molecule has 0 fully saturated rings. The van der Waals surface area contributed by atoms with Crippen molar-refractivity contribution in [1.29, 1.82) is 0 Å². The zero-order valence-electron chi connectivity index (χ0n) is 22.1. The molecule has 3 amide bonds. The maximum Gasteiger partial charge on any atom is 0.411 e. The second-order valence-corrected chi connectivity index (χ2v) is 10.5. The van der Waals surface area contributed by atoms with Gasteiger partial charge in [0.1, 0.15) is 11.0 Å². The lowest BCUT2D eigenvalue weighted by molar-refractivity contribution is -0.136. The number of carbonyl (C=O) groups is 3. The van der Waals surface area contributed by atoms with Gasteiger partial charge in [-0.2, -0.15) is 0 Å². The maximum atomic E-state index is 13.4. The van der Waals surface area contributed by atoms with Gasteiger partial charge in [0.05, 0.1) is 36.3 Å². The second-order valence-electron chi connectivity index (χ2n) is 10.5. The van der Waals surface area contributed by atoms with Gasteiger partial charge in [-0.25, -0.2) is 4.79 Å². The molecule has 9 nitrogen and oxygen atoms in total.